The van der Waals surface area contributed by atoms with Gasteiger partial charge in [-0.05, 0) is 115 Å². The van der Waals surface area contributed by atoms with Crippen molar-refractivity contribution in [1.29, 1.82) is 0 Å². The topological polar surface area (TPSA) is 165 Å². The average Bonchev–Trinajstić information content (AvgIpc) is 3.83. The Balaban J connectivity index is 1.01. The Morgan fingerprint density at radius 1 is 1.00 bits per heavy atom. The van der Waals surface area contributed by atoms with Crippen molar-refractivity contribution in [3.05, 3.63) is 52.1 Å². The number of hydrogen-bond acceptors (Lipinski definition) is 15. The summed E-state index contributed by atoms with van der Waals surface area (Å²) in [5, 5.41) is 8.80. The van der Waals surface area contributed by atoms with Gasteiger partial charge >= 0.3 is 5.97 Å². The van der Waals surface area contributed by atoms with Gasteiger partial charge in [-0.25, -0.2) is 10.4 Å². The summed E-state index contributed by atoms with van der Waals surface area (Å²) >= 11 is 1.53. The minimum absolute atomic E-state index is 0.0264. The van der Waals surface area contributed by atoms with Gasteiger partial charge in [0.1, 0.15) is 23.2 Å². The van der Waals surface area contributed by atoms with E-state index in [2.05, 4.69) is 94.3 Å². The van der Waals surface area contributed by atoms with E-state index in [-0.39, 0.29) is 60.1 Å². The Hall–Kier alpha value is -4.53. The monoisotopic (exact) mass is 1060 g/mol. The van der Waals surface area contributed by atoms with Gasteiger partial charge in [0.2, 0.25) is 5.91 Å². The van der Waals surface area contributed by atoms with Gasteiger partial charge in [0.25, 0.3) is 5.91 Å². The van der Waals surface area contributed by atoms with E-state index in [0.29, 0.717) is 45.6 Å². The molecule has 76 heavy (non-hydrogen) atoms. The zero-order chi connectivity index (χ0) is 52.6. The average molecular weight is 1060 g/mol. The fraction of sp³-hybridized carbons (Fsp3) is 0.672. The molecule has 410 valence electrons. The van der Waals surface area contributed by atoms with Gasteiger partial charge in [-0.2, -0.15) is 0 Å². The summed E-state index contributed by atoms with van der Waals surface area (Å²) in [7, 11) is 1.75. The number of amides is 2. The molecule has 17 nitrogen and oxygen atoms in total. The number of likely N-dealkylation sites (tertiary alicyclic amines) is 1. The molecule has 2 aliphatic carbocycles. The van der Waals surface area contributed by atoms with Crippen LogP contribution in [0.25, 0.3) is 33.4 Å². The van der Waals surface area contributed by atoms with Crippen LogP contribution >= 0.6 is 11.3 Å². The number of pyridine rings is 1. The van der Waals surface area contributed by atoms with Crippen molar-refractivity contribution in [3.63, 3.8) is 0 Å². The predicted octanol–water partition coefficient (Wildman–Crippen LogP) is 7.07. The van der Waals surface area contributed by atoms with Gasteiger partial charge in [0.15, 0.2) is 0 Å². The molecule has 2 amide bonds. The molecule has 4 aromatic rings. The van der Waals surface area contributed by atoms with Crippen molar-refractivity contribution in [2.75, 3.05) is 77.7 Å². The lowest BCUT2D eigenvalue weighted by atomic mass is 9.73. The van der Waals surface area contributed by atoms with Gasteiger partial charge in [0.05, 0.1) is 72.6 Å². The van der Waals surface area contributed by atoms with Crippen LogP contribution in [-0.4, -0.2) is 162 Å². The van der Waals surface area contributed by atoms with Crippen LogP contribution in [0.3, 0.4) is 0 Å². The number of benzene rings is 1. The van der Waals surface area contributed by atoms with E-state index in [4.69, 9.17) is 33.7 Å². The number of carbonyl (C=O) groups is 3. The maximum Gasteiger partial charge on any atom is 0.325 e. The smallest absolute Gasteiger partial charge is 0.325 e. The zero-order valence-corrected chi connectivity index (χ0v) is 46.5. The van der Waals surface area contributed by atoms with E-state index < -0.39 is 29.6 Å². The molecule has 13 rings (SSSR count). The molecule has 10 heterocycles. The maximum atomic E-state index is 15.3. The number of ether oxygens (including phenoxy) is 5. The van der Waals surface area contributed by atoms with Crippen LogP contribution in [0.5, 0.6) is 0 Å². The third-order valence-corrected chi connectivity index (χ3v) is 18.9. The number of nitrogens with zero attached hydrogens (tertiary/aromatic N) is 7. The highest BCUT2D eigenvalue weighted by Crippen LogP contribution is 2.46. The Bertz CT molecular complexity index is 2810. The van der Waals surface area contributed by atoms with Crippen molar-refractivity contribution >= 4 is 45.7 Å². The number of rotatable bonds is 12. The molecular weight excluding hydrogens is 983 g/mol. The molecule has 3 aromatic heterocycles. The minimum Gasteiger partial charge on any atom is -0.464 e. The van der Waals surface area contributed by atoms with Crippen LogP contribution in [0, 0.1) is 17.3 Å². The largest absolute Gasteiger partial charge is 0.464 e. The minimum atomic E-state index is -0.990. The first-order valence-corrected chi connectivity index (χ1v) is 29.3. The molecule has 0 radical (unpaired) electrons. The van der Waals surface area contributed by atoms with Crippen molar-refractivity contribution in [1.82, 2.24) is 40.1 Å². The Labute approximate surface area is 451 Å². The highest BCUT2D eigenvalue weighted by Gasteiger charge is 2.53. The number of hydrogen-bond donors (Lipinski definition) is 2. The van der Waals surface area contributed by atoms with Gasteiger partial charge < -0.3 is 38.5 Å². The molecule has 9 aliphatic rings. The van der Waals surface area contributed by atoms with Crippen LogP contribution in [0.4, 0.5) is 5.69 Å². The SMILES string of the molecule is CO[C@@H](C)c1ncc(N2CCN(C3CC3)CC2)cc1-c1c2c3cc(ccc3n1CCO[C@H]1CCOC(C)(C)C1)-c1csc(n1)[C@@H](N1CCCC1)[C@H](NC(=O)[C@@H]1OC[C@@H]1C)C(=O)N1N[C@H](C(=O)OCC(C)(C)C2)C2CC1C2. The Morgan fingerprint density at radius 3 is 2.50 bits per heavy atom. The van der Waals surface area contributed by atoms with Crippen LogP contribution in [-0.2, 0) is 51.0 Å². The summed E-state index contributed by atoms with van der Waals surface area (Å²) in [6, 6.07) is 7.38. The summed E-state index contributed by atoms with van der Waals surface area (Å²) < 4.78 is 33.7. The second-order valence-electron chi connectivity index (χ2n) is 24.7. The fourth-order valence-electron chi connectivity index (χ4n) is 13.3. The summed E-state index contributed by atoms with van der Waals surface area (Å²) in [6.45, 7) is 20.5. The first kappa shape index (κ1) is 52.2. The van der Waals surface area contributed by atoms with E-state index in [0.717, 1.165) is 126 Å². The standard InChI is InChI=1S/C58H79N9O8S/c1-34-31-73-52(34)53(68)61-49-51(65-15-8-9-16-65)54-60-45(32-76-54)36-10-13-46-42(26-36)44(29-57(3,4)33-74-56(70)48-37-24-39(25-37)67(62-48)55(49)69)50(66(46)21-23-72-41-14-22-75-58(5,6)28-41)43-27-40(30-59-47(43)35(2)71-7)64-19-17-63(18-20-64)38-11-12-38/h10,13,26-27,30,32,34-35,37-39,41,48-49,51-52,62H,8-9,11-12,14-25,28-29,31,33H2,1-7H3,(H,61,68)/t34-,35-,37?,39?,41-,48-,49-,51-,52+/m0/s1. The van der Waals surface area contributed by atoms with Crippen molar-refractivity contribution in [3.8, 4) is 22.5 Å². The lowest BCUT2D eigenvalue weighted by Crippen LogP contribution is -2.72. The molecule has 0 unspecified atom stereocenters. The van der Waals surface area contributed by atoms with E-state index in [9.17, 15) is 9.59 Å². The second-order valence-corrected chi connectivity index (χ2v) is 25.6. The second kappa shape index (κ2) is 20.9. The fourth-order valence-corrected chi connectivity index (χ4v) is 14.3. The number of aromatic nitrogens is 3. The number of piperazine rings is 1. The lowest BCUT2D eigenvalue weighted by Gasteiger charge is -2.53. The van der Waals surface area contributed by atoms with Crippen molar-refractivity contribution in [2.45, 2.75) is 160 Å². The quantitative estimate of drug-likeness (QED) is 0.139. The number of fused-ring (bicyclic) bond motifs is 4. The van der Waals surface area contributed by atoms with E-state index in [1.54, 1.807) is 12.1 Å². The van der Waals surface area contributed by atoms with Gasteiger partial charge in [-0.1, -0.05) is 26.8 Å². The normalized spacial score (nSPS) is 30.4. The third-order valence-electron chi connectivity index (χ3n) is 17.9. The van der Waals surface area contributed by atoms with Crippen molar-refractivity contribution < 1.29 is 38.1 Å². The molecule has 8 bridgehead atoms. The molecule has 2 N–H and O–H groups in total. The molecule has 7 atom stereocenters. The Morgan fingerprint density at radius 2 is 1.79 bits per heavy atom. The first-order valence-electron chi connectivity index (χ1n) is 28.4. The van der Waals surface area contributed by atoms with Crippen LogP contribution in [0.15, 0.2) is 35.8 Å². The number of cyclic esters (lactones) is 1. The van der Waals surface area contributed by atoms with Crippen LogP contribution < -0.4 is 15.6 Å². The number of nitrogens with one attached hydrogen (secondary N) is 2. The zero-order valence-electron chi connectivity index (χ0n) is 45.7. The number of esters is 1. The molecule has 8 fully saturated rings. The van der Waals surface area contributed by atoms with Gasteiger partial charge in [0, 0.05) is 104 Å². The van der Waals surface area contributed by atoms with Crippen molar-refractivity contribution in [2.24, 2.45) is 17.3 Å². The summed E-state index contributed by atoms with van der Waals surface area (Å²) in [5.74, 6) is -0.899. The summed E-state index contributed by atoms with van der Waals surface area (Å²) in [6.07, 6.45) is 9.28. The molecule has 7 aliphatic heterocycles. The van der Waals surface area contributed by atoms with E-state index >= 15 is 4.79 Å². The molecule has 1 aromatic carbocycles. The van der Waals surface area contributed by atoms with Gasteiger partial charge in [-0.15, -0.1) is 11.3 Å². The summed E-state index contributed by atoms with van der Waals surface area (Å²) in [5.41, 5.74) is 10.5. The molecule has 0 spiro atoms. The molecule has 18 heteroatoms. The van der Waals surface area contributed by atoms with E-state index in [1.165, 1.54) is 24.2 Å². The highest BCUT2D eigenvalue weighted by atomic mass is 32.1. The van der Waals surface area contributed by atoms with Gasteiger partial charge in [-0.3, -0.25) is 34.2 Å². The summed E-state index contributed by atoms with van der Waals surface area (Å²) in [4.78, 5) is 62.2. The third kappa shape index (κ3) is 10.2. The lowest BCUT2D eigenvalue weighted by molar-refractivity contribution is -0.173. The van der Waals surface area contributed by atoms with E-state index in [1.807, 2.05) is 13.1 Å². The highest BCUT2D eigenvalue weighted by molar-refractivity contribution is 7.10. The predicted molar refractivity (Wildman–Crippen MR) is 291 cm³/mol. The number of carbonyl (C=O) groups excluding carboxylic acids is 3. The number of anilines is 1. The first-order chi connectivity index (χ1) is 36.6. The van der Waals surface area contributed by atoms with Crippen LogP contribution in [0.1, 0.15) is 121 Å². The Kier molecular flexibility index (Phi) is 14.4. The van der Waals surface area contributed by atoms with Crippen LogP contribution in [0.2, 0.25) is 0 Å². The molecule has 2 saturated carbocycles. The number of thiazole rings is 1. The number of hydrazine groups is 1. The maximum absolute atomic E-state index is 15.3. The molecular formula is C58H79N9O8S. The molecule has 6 saturated heterocycles. The number of methoxy groups -OCH3 is 1.